The third kappa shape index (κ3) is 6.86. The predicted molar refractivity (Wildman–Crippen MR) is 68.5 cm³/mol. The highest BCUT2D eigenvalue weighted by molar-refractivity contribution is 7.98. The van der Waals surface area contributed by atoms with Gasteiger partial charge in [0.1, 0.15) is 0 Å². The maximum Gasteiger partial charge on any atom is 0.0174 e. The number of hydrogen-bond acceptors (Lipinski definition) is 1. The summed E-state index contributed by atoms with van der Waals surface area (Å²) in [4.78, 5) is 0. The summed E-state index contributed by atoms with van der Waals surface area (Å²) in [7, 11) is 0. The first-order valence-electron chi connectivity index (χ1n) is 4.98. The van der Waals surface area contributed by atoms with Crippen molar-refractivity contribution in [3.63, 3.8) is 0 Å². The molecule has 0 amide bonds. The molecule has 0 aliphatic carbocycles. The minimum Gasteiger partial charge on any atom is -0.161 e. The molecule has 1 atom stereocenters. The van der Waals surface area contributed by atoms with Crippen molar-refractivity contribution >= 4 is 11.8 Å². The van der Waals surface area contributed by atoms with Crippen LogP contribution in [0.4, 0.5) is 0 Å². The second-order valence-electron chi connectivity index (χ2n) is 3.43. The highest BCUT2D eigenvalue weighted by atomic mass is 32.2. The van der Waals surface area contributed by atoms with Gasteiger partial charge in [0, 0.05) is 11.7 Å². The standard InChI is InChI=1S/C13H20S/c1-5-8-13(11-14-4)10-7-9-12(3)6-2/h2,5,10,12H,1,7-9,11H2,3-4H3/b13-10+. The van der Waals surface area contributed by atoms with Gasteiger partial charge in [0.05, 0.1) is 0 Å². The van der Waals surface area contributed by atoms with E-state index >= 15 is 0 Å². The molecule has 0 aliphatic rings. The van der Waals surface area contributed by atoms with E-state index in [1.165, 1.54) is 5.57 Å². The summed E-state index contributed by atoms with van der Waals surface area (Å²) in [5, 5.41) is 0. The lowest BCUT2D eigenvalue weighted by molar-refractivity contribution is 0.678. The van der Waals surface area contributed by atoms with Crippen LogP contribution in [0.2, 0.25) is 0 Å². The maximum absolute atomic E-state index is 5.32. The number of hydrogen-bond donors (Lipinski definition) is 0. The van der Waals surface area contributed by atoms with E-state index in [4.69, 9.17) is 6.42 Å². The molecule has 0 aromatic rings. The van der Waals surface area contributed by atoms with Crippen LogP contribution in [0.3, 0.4) is 0 Å². The molecule has 0 aromatic carbocycles. The predicted octanol–water partition coefficient (Wildman–Crippen LogP) is 3.90. The molecule has 78 valence electrons. The van der Waals surface area contributed by atoms with E-state index in [1.807, 2.05) is 17.8 Å². The van der Waals surface area contributed by atoms with E-state index in [1.54, 1.807) is 0 Å². The van der Waals surface area contributed by atoms with Crippen molar-refractivity contribution in [3.05, 3.63) is 24.3 Å². The van der Waals surface area contributed by atoms with Crippen molar-refractivity contribution < 1.29 is 0 Å². The van der Waals surface area contributed by atoms with Gasteiger partial charge in [-0.2, -0.15) is 11.8 Å². The van der Waals surface area contributed by atoms with Crippen LogP contribution >= 0.6 is 11.8 Å². The Morgan fingerprint density at radius 2 is 2.36 bits per heavy atom. The second-order valence-corrected chi connectivity index (χ2v) is 4.30. The Bertz CT molecular complexity index is 220. The largest absolute Gasteiger partial charge is 0.161 e. The molecule has 0 nitrogen and oxygen atoms in total. The number of terminal acetylenes is 1. The molecule has 0 heterocycles. The molecule has 0 saturated heterocycles. The Kier molecular flexibility index (Phi) is 8.57. The summed E-state index contributed by atoms with van der Waals surface area (Å²) in [5.41, 5.74) is 1.47. The van der Waals surface area contributed by atoms with Gasteiger partial charge >= 0.3 is 0 Å². The molecule has 0 N–H and O–H groups in total. The van der Waals surface area contributed by atoms with Gasteiger partial charge in [-0.15, -0.1) is 18.9 Å². The van der Waals surface area contributed by atoms with Crippen LogP contribution in [-0.2, 0) is 0 Å². The van der Waals surface area contributed by atoms with Crippen LogP contribution in [0.15, 0.2) is 24.3 Å². The zero-order valence-corrected chi connectivity index (χ0v) is 10.1. The normalized spacial score (nSPS) is 13.4. The molecule has 0 radical (unpaired) electrons. The lowest BCUT2D eigenvalue weighted by Gasteiger charge is -2.04. The lowest BCUT2D eigenvalue weighted by Crippen LogP contribution is -1.90. The van der Waals surface area contributed by atoms with Gasteiger partial charge in [0.2, 0.25) is 0 Å². The highest BCUT2D eigenvalue weighted by Crippen LogP contribution is 2.13. The molecule has 0 aliphatic heterocycles. The fourth-order valence-electron chi connectivity index (χ4n) is 1.19. The third-order valence-corrected chi connectivity index (χ3v) is 2.71. The van der Waals surface area contributed by atoms with Crippen LogP contribution in [-0.4, -0.2) is 12.0 Å². The van der Waals surface area contributed by atoms with Crippen molar-refractivity contribution in [1.82, 2.24) is 0 Å². The molecule has 0 spiro atoms. The molecule has 0 fully saturated rings. The first-order valence-corrected chi connectivity index (χ1v) is 6.37. The summed E-state index contributed by atoms with van der Waals surface area (Å²) >= 11 is 1.86. The zero-order valence-electron chi connectivity index (χ0n) is 9.25. The summed E-state index contributed by atoms with van der Waals surface area (Å²) in [6, 6.07) is 0. The Hall–Kier alpha value is -0.610. The molecule has 1 unspecified atom stereocenters. The van der Waals surface area contributed by atoms with E-state index in [-0.39, 0.29) is 0 Å². The topological polar surface area (TPSA) is 0 Å². The second kappa shape index (κ2) is 8.97. The van der Waals surface area contributed by atoms with Gasteiger partial charge in [-0.1, -0.05) is 24.6 Å². The molecule has 0 bridgehead atoms. The third-order valence-electron chi connectivity index (χ3n) is 2.05. The average molecular weight is 208 g/mol. The monoisotopic (exact) mass is 208 g/mol. The fourth-order valence-corrected chi connectivity index (χ4v) is 1.80. The van der Waals surface area contributed by atoms with Gasteiger partial charge in [0.25, 0.3) is 0 Å². The molecule has 1 heteroatoms. The highest BCUT2D eigenvalue weighted by Gasteiger charge is 1.96. The first-order chi connectivity index (χ1) is 6.74. The smallest absolute Gasteiger partial charge is 0.0174 e. The Morgan fingerprint density at radius 1 is 1.64 bits per heavy atom. The minimum atomic E-state index is 0.394. The Balaban J connectivity index is 3.90. The summed E-state index contributed by atoms with van der Waals surface area (Å²) in [5.74, 6) is 4.25. The fraction of sp³-hybridized carbons (Fsp3) is 0.538. The van der Waals surface area contributed by atoms with E-state index in [0.717, 1.165) is 25.0 Å². The van der Waals surface area contributed by atoms with Crippen LogP contribution in [0.25, 0.3) is 0 Å². The van der Waals surface area contributed by atoms with E-state index in [0.29, 0.717) is 5.92 Å². The van der Waals surface area contributed by atoms with Crippen LogP contribution in [0.5, 0.6) is 0 Å². The molecular formula is C13H20S. The minimum absolute atomic E-state index is 0.394. The molecule has 0 aromatic heterocycles. The first kappa shape index (κ1) is 13.4. The molecule has 14 heavy (non-hydrogen) atoms. The van der Waals surface area contributed by atoms with Gasteiger partial charge in [0.15, 0.2) is 0 Å². The van der Waals surface area contributed by atoms with Gasteiger partial charge in [-0.25, -0.2) is 0 Å². The van der Waals surface area contributed by atoms with Crippen molar-refractivity contribution in [2.45, 2.75) is 26.2 Å². The SMILES string of the molecule is C#CC(C)CC/C=C(\CC=C)CSC. The number of allylic oxidation sites excluding steroid dienone is 2. The number of rotatable bonds is 7. The summed E-state index contributed by atoms with van der Waals surface area (Å²) in [6.45, 7) is 5.85. The molecular weight excluding hydrogens is 188 g/mol. The van der Waals surface area contributed by atoms with Crippen LogP contribution < -0.4 is 0 Å². The molecule has 0 saturated carbocycles. The van der Waals surface area contributed by atoms with E-state index in [9.17, 15) is 0 Å². The lowest BCUT2D eigenvalue weighted by atomic mass is 10.0. The average Bonchev–Trinajstić information content (AvgIpc) is 2.18. The van der Waals surface area contributed by atoms with Crippen LogP contribution in [0.1, 0.15) is 26.2 Å². The van der Waals surface area contributed by atoms with Crippen molar-refractivity contribution in [2.75, 3.05) is 12.0 Å². The zero-order chi connectivity index (χ0) is 10.8. The van der Waals surface area contributed by atoms with Gasteiger partial charge in [-0.05, 0) is 25.5 Å². The summed E-state index contributed by atoms with van der Waals surface area (Å²) in [6.07, 6.45) is 14.9. The van der Waals surface area contributed by atoms with E-state index in [2.05, 4.69) is 31.8 Å². The Labute approximate surface area is 92.9 Å². The van der Waals surface area contributed by atoms with E-state index < -0.39 is 0 Å². The maximum atomic E-state index is 5.32. The quantitative estimate of drug-likeness (QED) is 0.451. The molecule has 0 rings (SSSR count). The van der Waals surface area contributed by atoms with Crippen molar-refractivity contribution in [2.24, 2.45) is 5.92 Å². The summed E-state index contributed by atoms with van der Waals surface area (Å²) < 4.78 is 0. The van der Waals surface area contributed by atoms with Crippen molar-refractivity contribution in [3.8, 4) is 12.3 Å². The van der Waals surface area contributed by atoms with Gasteiger partial charge < -0.3 is 0 Å². The number of thioether (sulfide) groups is 1. The Morgan fingerprint density at radius 3 is 2.86 bits per heavy atom. The van der Waals surface area contributed by atoms with Crippen molar-refractivity contribution in [1.29, 1.82) is 0 Å². The van der Waals surface area contributed by atoms with Gasteiger partial charge in [-0.3, -0.25) is 0 Å². The van der Waals surface area contributed by atoms with Crippen LogP contribution in [0, 0.1) is 18.3 Å².